The average molecular weight is 306 g/mol. The first-order valence-electron chi connectivity index (χ1n) is 6.96. The van der Waals surface area contributed by atoms with Crippen molar-refractivity contribution < 1.29 is 14.3 Å². The van der Waals surface area contributed by atoms with E-state index in [2.05, 4.69) is 4.98 Å². The molecule has 2 atom stereocenters. The van der Waals surface area contributed by atoms with Crippen molar-refractivity contribution in [3.8, 4) is 5.19 Å². The number of nitrogens with zero attached hydrogens (tertiary/aromatic N) is 2. The molecule has 2 unspecified atom stereocenters. The van der Waals surface area contributed by atoms with Gasteiger partial charge in [-0.1, -0.05) is 11.3 Å². The van der Waals surface area contributed by atoms with Crippen LogP contribution in [0.2, 0.25) is 0 Å². The number of carbonyl (C=O) groups is 1. The number of methoxy groups -OCH3 is 1. The van der Waals surface area contributed by atoms with Crippen molar-refractivity contribution in [1.82, 2.24) is 9.88 Å². The van der Waals surface area contributed by atoms with E-state index in [1.807, 2.05) is 36.9 Å². The van der Waals surface area contributed by atoms with E-state index in [0.717, 1.165) is 10.2 Å². The predicted molar refractivity (Wildman–Crippen MR) is 82.1 cm³/mol. The van der Waals surface area contributed by atoms with Gasteiger partial charge in [-0.15, -0.1) is 0 Å². The van der Waals surface area contributed by atoms with Crippen LogP contribution in [-0.2, 0) is 4.74 Å². The van der Waals surface area contributed by atoms with Crippen LogP contribution in [0, 0.1) is 0 Å². The normalized spacial score (nSPS) is 22.5. The smallest absolute Gasteiger partial charge is 0.274 e. The number of hydrogen-bond acceptors (Lipinski definition) is 5. The maximum absolute atomic E-state index is 12.6. The summed E-state index contributed by atoms with van der Waals surface area (Å²) in [6.07, 6.45) is 0.140. The topological polar surface area (TPSA) is 51.7 Å². The van der Waals surface area contributed by atoms with Gasteiger partial charge in [0.05, 0.1) is 29.5 Å². The van der Waals surface area contributed by atoms with Crippen LogP contribution in [0.5, 0.6) is 5.19 Å². The summed E-state index contributed by atoms with van der Waals surface area (Å²) < 4.78 is 11.8. The van der Waals surface area contributed by atoms with Crippen molar-refractivity contribution in [2.24, 2.45) is 0 Å². The Balaban J connectivity index is 1.86. The number of amides is 1. The zero-order valence-electron chi connectivity index (χ0n) is 12.3. The Morgan fingerprint density at radius 2 is 2.10 bits per heavy atom. The second-order valence-corrected chi connectivity index (χ2v) is 6.33. The summed E-state index contributed by atoms with van der Waals surface area (Å²) in [5.74, 6) is 0.0332. The number of morpholine rings is 1. The van der Waals surface area contributed by atoms with Gasteiger partial charge in [0.25, 0.3) is 11.1 Å². The summed E-state index contributed by atoms with van der Waals surface area (Å²) in [6.45, 7) is 5.23. The number of thiazole rings is 1. The first kappa shape index (κ1) is 14.3. The molecule has 0 spiro atoms. The predicted octanol–water partition coefficient (Wildman–Crippen LogP) is 2.55. The Morgan fingerprint density at radius 3 is 2.76 bits per heavy atom. The summed E-state index contributed by atoms with van der Waals surface area (Å²) in [5, 5.41) is 0.614. The maximum atomic E-state index is 12.6. The van der Waals surface area contributed by atoms with E-state index < -0.39 is 0 Å². The summed E-state index contributed by atoms with van der Waals surface area (Å²) in [4.78, 5) is 18.8. The highest BCUT2D eigenvalue weighted by atomic mass is 32.1. The van der Waals surface area contributed by atoms with E-state index in [0.29, 0.717) is 23.8 Å². The molecule has 2 aromatic rings. The van der Waals surface area contributed by atoms with E-state index >= 15 is 0 Å². The molecular formula is C15H18N2O3S. The molecule has 1 saturated heterocycles. The van der Waals surface area contributed by atoms with E-state index in [1.54, 1.807) is 7.11 Å². The lowest BCUT2D eigenvalue weighted by atomic mass is 10.1. The number of hydrogen-bond donors (Lipinski definition) is 0. The number of rotatable bonds is 2. The van der Waals surface area contributed by atoms with Gasteiger partial charge < -0.3 is 14.4 Å². The molecule has 2 heterocycles. The van der Waals surface area contributed by atoms with Crippen molar-refractivity contribution in [1.29, 1.82) is 0 Å². The van der Waals surface area contributed by atoms with Crippen LogP contribution in [0.4, 0.5) is 0 Å². The van der Waals surface area contributed by atoms with Crippen molar-refractivity contribution >= 4 is 27.5 Å². The standard InChI is InChI=1S/C15H18N2O3S/c1-9-7-17(8-10(2)20-9)14(18)11-4-5-13-12(6-11)16-15(19-3)21-13/h4-6,9-10H,7-8H2,1-3H3. The number of fused-ring (bicyclic) bond motifs is 1. The molecule has 0 radical (unpaired) electrons. The minimum absolute atomic E-state index is 0.0332. The summed E-state index contributed by atoms with van der Waals surface area (Å²) in [6, 6.07) is 5.62. The van der Waals surface area contributed by atoms with Crippen molar-refractivity contribution in [3.05, 3.63) is 23.8 Å². The second-order valence-electron chi connectivity index (χ2n) is 5.33. The third-order valence-electron chi connectivity index (χ3n) is 3.50. The minimum Gasteiger partial charge on any atom is -0.473 e. The number of benzene rings is 1. The van der Waals surface area contributed by atoms with Crippen LogP contribution < -0.4 is 4.74 Å². The fourth-order valence-corrected chi connectivity index (χ4v) is 3.41. The highest BCUT2D eigenvalue weighted by molar-refractivity contribution is 7.20. The van der Waals surface area contributed by atoms with E-state index in [-0.39, 0.29) is 18.1 Å². The zero-order valence-corrected chi connectivity index (χ0v) is 13.1. The van der Waals surface area contributed by atoms with Gasteiger partial charge in [0.2, 0.25) is 0 Å². The van der Waals surface area contributed by atoms with Gasteiger partial charge in [-0.05, 0) is 32.0 Å². The Morgan fingerprint density at radius 1 is 1.38 bits per heavy atom. The molecule has 1 aromatic heterocycles. The van der Waals surface area contributed by atoms with Gasteiger partial charge >= 0.3 is 0 Å². The van der Waals surface area contributed by atoms with Crippen molar-refractivity contribution in [2.45, 2.75) is 26.1 Å². The van der Waals surface area contributed by atoms with Gasteiger partial charge in [0, 0.05) is 18.7 Å². The van der Waals surface area contributed by atoms with Crippen molar-refractivity contribution in [3.63, 3.8) is 0 Å². The molecule has 0 N–H and O–H groups in total. The third-order valence-corrected chi connectivity index (χ3v) is 4.49. The highest BCUT2D eigenvalue weighted by Gasteiger charge is 2.26. The van der Waals surface area contributed by atoms with Gasteiger partial charge in [0.1, 0.15) is 0 Å². The Labute approximate surface area is 127 Å². The van der Waals surface area contributed by atoms with E-state index in [4.69, 9.17) is 9.47 Å². The van der Waals surface area contributed by atoms with Crippen LogP contribution >= 0.6 is 11.3 Å². The minimum atomic E-state index is 0.0332. The molecule has 5 nitrogen and oxygen atoms in total. The molecule has 112 valence electrons. The molecule has 6 heteroatoms. The van der Waals surface area contributed by atoms with Gasteiger partial charge in [0.15, 0.2) is 0 Å². The molecule has 0 saturated carbocycles. The monoisotopic (exact) mass is 306 g/mol. The fourth-order valence-electron chi connectivity index (χ4n) is 2.65. The SMILES string of the molecule is COc1nc2cc(C(=O)N3CC(C)OC(C)C3)ccc2s1. The lowest BCUT2D eigenvalue weighted by molar-refractivity contribution is -0.0586. The lowest BCUT2D eigenvalue weighted by Crippen LogP contribution is -2.48. The first-order valence-corrected chi connectivity index (χ1v) is 7.78. The van der Waals surface area contributed by atoms with Crippen LogP contribution in [0.15, 0.2) is 18.2 Å². The van der Waals surface area contributed by atoms with Crippen LogP contribution in [0.3, 0.4) is 0 Å². The molecule has 1 fully saturated rings. The van der Waals surface area contributed by atoms with Gasteiger partial charge in [-0.3, -0.25) is 4.79 Å². The van der Waals surface area contributed by atoms with Crippen molar-refractivity contribution in [2.75, 3.05) is 20.2 Å². The largest absolute Gasteiger partial charge is 0.473 e. The first-order chi connectivity index (χ1) is 10.1. The van der Waals surface area contributed by atoms with Gasteiger partial charge in [-0.25, -0.2) is 4.98 Å². The molecule has 1 amide bonds. The molecule has 0 bridgehead atoms. The average Bonchev–Trinajstić information content (AvgIpc) is 2.87. The summed E-state index contributed by atoms with van der Waals surface area (Å²) in [5.41, 5.74) is 1.47. The Bertz CT molecular complexity index is 660. The quantitative estimate of drug-likeness (QED) is 0.855. The maximum Gasteiger partial charge on any atom is 0.274 e. The summed E-state index contributed by atoms with van der Waals surface area (Å²) >= 11 is 1.48. The zero-order chi connectivity index (χ0) is 15.0. The van der Waals surface area contributed by atoms with Gasteiger partial charge in [-0.2, -0.15) is 0 Å². The lowest BCUT2D eigenvalue weighted by Gasteiger charge is -2.35. The molecule has 21 heavy (non-hydrogen) atoms. The van der Waals surface area contributed by atoms with E-state index in [9.17, 15) is 4.79 Å². The Hall–Kier alpha value is -1.66. The fraction of sp³-hybridized carbons (Fsp3) is 0.467. The van der Waals surface area contributed by atoms with E-state index in [1.165, 1.54) is 11.3 Å². The molecular weight excluding hydrogens is 288 g/mol. The second kappa shape index (κ2) is 5.61. The number of carbonyl (C=O) groups excluding carboxylic acids is 1. The third kappa shape index (κ3) is 2.87. The van der Waals surface area contributed by atoms with Crippen LogP contribution in [-0.4, -0.2) is 48.2 Å². The van der Waals surface area contributed by atoms with Crippen LogP contribution in [0.1, 0.15) is 24.2 Å². The number of aromatic nitrogens is 1. The molecule has 1 aliphatic heterocycles. The molecule has 1 aliphatic rings. The molecule has 1 aromatic carbocycles. The highest BCUT2D eigenvalue weighted by Crippen LogP contribution is 2.28. The molecule has 0 aliphatic carbocycles. The molecule has 3 rings (SSSR count). The number of ether oxygens (including phenoxy) is 2. The van der Waals surface area contributed by atoms with Crippen LogP contribution in [0.25, 0.3) is 10.2 Å². The summed E-state index contributed by atoms with van der Waals surface area (Å²) in [7, 11) is 1.60. The Kier molecular flexibility index (Phi) is 3.82.